The van der Waals surface area contributed by atoms with Crippen LogP contribution in [-0.4, -0.2) is 12.1 Å². The summed E-state index contributed by atoms with van der Waals surface area (Å²) in [5.74, 6) is 0.336. The van der Waals surface area contributed by atoms with Crippen LogP contribution in [0.2, 0.25) is 10.0 Å². The van der Waals surface area contributed by atoms with Crippen molar-refractivity contribution in [3.8, 4) is 5.75 Å². The van der Waals surface area contributed by atoms with E-state index in [1.807, 2.05) is 30.3 Å². The number of benzene rings is 3. The zero-order valence-corrected chi connectivity index (χ0v) is 25.3. The molecule has 3 aromatic carbocycles. The van der Waals surface area contributed by atoms with Gasteiger partial charge >= 0.3 is 5.91 Å². The summed E-state index contributed by atoms with van der Waals surface area (Å²) < 4.78 is 14.8. The summed E-state index contributed by atoms with van der Waals surface area (Å²) in [5, 5.41) is 5.97. The van der Waals surface area contributed by atoms with Crippen molar-refractivity contribution in [1.82, 2.24) is 5.43 Å². The van der Waals surface area contributed by atoms with Gasteiger partial charge in [-0.25, -0.2) is 5.43 Å². The summed E-state index contributed by atoms with van der Waals surface area (Å²) >= 11 is 24.8. The smallest absolute Gasteiger partial charge is 0.307 e. The minimum Gasteiger partial charge on any atom is -0.486 e. The lowest BCUT2D eigenvalue weighted by Crippen LogP contribution is -2.16. The highest BCUT2D eigenvalue weighted by molar-refractivity contribution is 14.1. The van der Waals surface area contributed by atoms with Crippen LogP contribution in [0.25, 0.3) is 11.0 Å². The predicted octanol–water partition coefficient (Wildman–Crippen LogP) is 8.97. The molecule has 0 unspecified atom stereocenters. The minimum atomic E-state index is -0.447. The zero-order valence-electron chi connectivity index (χ0n) is 16.8. The van der Waals surface area contributed by atoms with Gasteiger partial charge in [0.15, 0.2) is 5.76 Å². The topological polar surface area (TPSA) is 63.8 Å². The van der Waals surface area contributed by atoms with Crippen molar-refractivity contribution in [2.45, 2.75) is 6.61 Å². The lowest BCUT2D eigenvalue weighted by molar-refractivity contribution is 0.0929. The van der Waals surface area contributed by atoms with Gasteiger partial charge in [0, 0.05) is 25.5 Å². The Morgan fingerprint density at radius 1 is 1.09 bits per heavy atom. The van der Waals surface area contributed by atoms with Crippen molar-refractivity contribution in [3.05, 3.63) is 92.5 Å². The van der Waals surface area contributed by atoms with Crippen molar-refractivity contribution in [2.75, 3.05) is 0 Å². The predicted molar refractivity (Wildman–Crippen MR) is 154 cm³/mol. The second-order valence-corrected chi connectivity index (χ2v) is 11.6. The molecule has 1 amide bonds. The summed E-state index contributed by atoms with van der Waals surface area (Å²) in [6, 6.07) is 14.4. The van der Waals surface area contributed by atoms with Crippen molar-refractivity contribution in [3.63, 3.8) is 0 Å². The summed E-state index contributed by atoms with van der Waals surface area (Å²) in [6.45, 7) is 0.268. The molecule has 0 radical (unpaired) electrons. The molecule has 4 rings (SSSR count). The number of carbonyl (C=O) groups is 1. The number of hydrazone groups is 1. The third kappa shape index (κ3) is 6.17. The van der Waals surface area contributed by atoms with Gasteiger partial charge in [0.05, 0.1) is 18.7 Å². The van der Waals surface area contributed by atoms with E-state index in [-0.39, 0.29) is 12.4 Å². The normalized spacial score (nSPS) is 11.4. The molecule has 1 aromatic heterocycles. The number of carbonyl (C=O) groups excluding carboxylic acids is 1. The van der Waals surface area contributed by atoms with Gasteiger partial charge in [0.25, 0.3) is 0 Å². The Balaban J connectivity index is 1.43. The first-order valence-electron chi connectivity index (χ1n) is 9.49. The number of halogens is 6. The van der Waals surface area contributed by atoms with Gasteiger partial charge in [0.2, 0.25) is 0 Å². The van der Waals surface area contributed by atoms with E-state index < -0.39 is 5.91 Å². The summed E-state index contributed by atoms with van der Waals surface area (Å²) in [4.78, 5) is 12.5. The van der Waals surface area contributed by atoms with Gasteiger partial charge in [-0.15, -0.1) is 0 Å². The second-order valence-electron chi connectivity index (χ2n) is 6.95. The Hall–Kier alpha value is -1.11. The van der Waals surface area contributed by atoms with Crippen LogP contribution in [0.5, 0.6) is 5.75 Å². The Bertz CT molecular complexity index is 1420. The highest BCUT2D eigenvalue weighted by atomic mass is 127. The quantitative estimate of drug-likeness (QED) is 0.120. The molecule has 0 saturated carbocycles. The maximum atomic E-state index is 12.5. The fourth-order valence-electron chi connectivity index (χ4n) is 2.99. The number of hydrogen-bond acceptors (Lipinski definition) is 4. The minimum absolute atomic E-state index is 0.176. The summed E-state index contributed by atoms with van der Waals surface area (Å²) in [7, 11) is 0. The molecule has 5 nitrogen and oxygen atoms in total. The number of rotatable bonds is 6. The van der Waals surface area contributed by atoms with E-state index in [2.05, 4.69) is 80.9 Å². The van der Waals surface area contributed by atoms with Gasteiger partial charge in [-0.3, -0.25) is 4.79 Å². The average Bonchev–Trinajstić information content (AvgIpc) is 3.19. The lowest BCUT2D eigenvalue weighted by Gasteiger charge is -2.12. The first kappa shape index (κ1) is 26.0. The van der Waals surface area contributed by atoms with E-state index >= 15 is 0 Å². The number of ether oxygens (including phenoxy) is 1. The highest BCUT2D eigenvalue weighted by Crippen LogP contribution is 2.35. The molecule has 0 aliphatic heterocycles. The maximum absolute atomic E-state index is 12.5. The lowest BCUT2D eigenvalue weighted by atomic mass is 10.2. The average molecular weight is 802 g/mol. The molecular weight excluding hydrogens is 790 g/mol. The third-order valence-electron chi connectivity index (χ3n) is 4.55. The number of furan rings is 1. The molecule has 1 heterocycles. The molecule has 0 bridgehead atoms. The molecule has 0 fully saturated rings. The van der Waals surface area contributed by atoms with Crippen LogP contribution in [0.15, 0.2) is 71.5 Å². The van der Waals surface area contributed by atoms with Crippen LogP contribution >= 0.6 is 93.6 Å². The van der Waals surface area contributed by atoms with Crippen LogP contribution < -0.4 is 10.2 Å². The summed E-state index contributed by atoms with van der Waals surface area (Å²) in [5.41, 5.74) is 4.69. The maximum Gasteiger partial charge on any atom is 0.307 e. The Morgan fingerprint density at radius 3 is 2.53 bits per heavy atom. The van der Waals surface area contributed by atoms with Gasteiger partial charge < -0.3 is 9.15 Å². The standard InChI is InChI=1S/C23H12Br3Cl2IN2O3/c24-14-5-13-6-20(34-21(13)19(29)7-14)23(32)31-30-9-11-3-16(25)22(17(26)4-11)33-10-12-1-2-15(27)8-18(12)28/h1-9H,10H2,(H,31,32)/b30-9-. The van der Waals surface area contributed by atoms with Crippen molar-refractivity contribution < 1.29 is 13.9 Å². The van der Waals surface area contributed by atoms with Crippen molar-refractivity contribution >= 4 is 117 Å². The Labute approximate surface area is 243 Å². The SMILES string of the molecule is O=C(N/N=C\c1cc(Br)c(OCc2ccc(Cl)cc2Cl)c(Br)c1)c1cc2cc(Br)cc(I)c2o1. The van der Waals surface area contributed by atoms with Gasteiger partial charge in [-0.2, -0.15) is 5.10 Å². The van der Waals surface area contributed by atoms with Crippen LogP contribution in [0.1, 0.15) is 21.7 Å². The highest BCUT2D eigenvalue weighted by Gasteiger charge is 2.14. The number of nitrogens with one attached hydrogen (secondary N) is 1. The van der Waals surface area contributed by atoms with Crippen molar-refractivity contribution in [2.24, 2.45) is 5.10 Å². The van der Waals surface area contributed by atoms with Gasteiger partial charge in [-0.1, -0.05) is 45.2 Å². The molecule has 0 saturated heterocycles. The zero-order chi connectivity index (χ0) is 24.4. The molecular formula is C23H12Br3Cl2IN2O3. The molecule has 11 heteroatoms. The monoisotopic (exact) mass is 798 g/mol. The van der Waals surface area contributed by atoms with Gasteiger partial charge in [-0.05, 0) is 102 Å². The molecule has 0 spiro atoms. The third-order valence-corrected chi connectivity index (χ3v) is 7.57. The largest absolute Gasteiger partial charge is 0.486 e. The Kier molecular flexibility index (Phi) is 8.63. The second kappa shape index (κ2) is 11.3. The molecule has 0 aliphatic rings. The first-order valence-corrected chi connectivity index (χ1v) is 13.7. The molecule has 174 valence electrons. The van der Waals surface area contributed by atoms with Crippen LogP contribution in [0, 0.1) is 3.57 Å². The van der Waals surface area contributed by atoms with E-state index in [0.29, 0.717) is 30.3 Å². The van der Waals surface area contributed by atoms with Crippen molar-refractivity contribution in [1.29, 1.82) is 0 Å². The molecule has 0 atom stereocenters. The van der Waals surface area contributed by atoms with E-state index in [4.69, 9.17) is 32.4 Å². The van der Waals surface area contributed by atoms with E-state index in [1.54, 1.807) is 18.2 Å². The van der Waals surface area contributed by atoms with Crippen LogP contribution in [0.4, 0.5) is 0 Å². The fraction of sp³-hybridized carbons (Fsp3) is 0.0435. The van der Waals surface area contributed by atoms with E-state index in [0.717, 1.165) is 24.6 Å². The number of fused-ring (bicyclic) bond motifs is 1. The molecule has 0 aliphatic carbocycles. The number of nitrogens with zero attached hydrogens (tertiary/aromatic N) is 1. The van der Waals surface area contributed by atoms with E-state index in [9.17, 15) is 4.79 Å². The van der Waals surface area contributed by atoms with Crippen LogP contribution in [-0.2, 0) is 6.61 Å². The number of hydrogen-bond donors (Lipinski definition) is 1. The first-order chi connectivity index (χ1) is 16.2. The molecule has 34 heavy (non-hydrogen) atoms. The molecule has 1 N–H and O–H groups in total. The van der Waals surface area contributed by atoms with Gasteiger partial charge in [0.1, 0.15) is 17.9 Å². The molecule has 4 aromatic rings. The fourth-order valence-corrected chi connectivity index (χ4v) is 6.56. The number of amides is 1. The van der Waals surface area contributed by atoms with Crippen LogP contribution in [0.3, 0.4) is 0 Å². The summed E-state index contributed by atoms with van der Waals surface area (Å²) in [6.07, 6.45) is 1.52. The Morgan fingerprint density at radius 2 is 1.82 bits per heavy atom. The van der Waals surface area contributed by atoms with E-state index in [1.165, 1.54) is 6.21 Å².